The molecule has 0 saturated carbocycles. The summed E-state index contributed by atoms with van der Waals surface area (Å²) >= 11 is 1.14. The van der Waals surface area contributed by atoms with E-state index in [1.165, 1.54) is 18.2 Å². The fraction of sp³-hybridized carbons (Fsp3) is 0.0588. The number of thioether (sulfide) groups is 1. The largest absolute Gasteiger partial charge is 0.506 e. The average Bonchev–Trinajstić information content (AvgIpc) is 2.91. The van der Waals surface area contributed by atoms with E-state index >= 15 is 0 Å². The molecular formula is C17H13N3O4S. The van der Waals surface area contributed by atoms with Crippen LogP contribution in [0.4, 0.5) is 11.4 Å². The molecule has 1 heterocycles. The highest BCUT2D eigenvalue weighted by Crippen LogP contribution is 2.33. The smallest absolute Gasteiger partial charge is 0.269 e. The first-order valence-corrected chi connectivity index (χ1v) is 8.08. The van der Waals surface area contributed by atoms with E-state index in [-0.39, 0.29) is 17.3 Å². The fourth-order valence-corrected chi connectivity index (χ4v) is 3.04. The summed E-state index contributed by atoms with van der Waals surface area (Å²) in [6.45, 7) is 1.81. The normalized spacial score (nSPS) is 17.1. The Morgan fingerprint density at radius 1 is 1.24 bits per heavy atom. The number of phenols is 1. The van der Waals surface area contributed by atoms with Gasteiger partial charge < -0.3 is 10.4 Å². The number of para-hydroxylation sites is 1. The first-order valence-electron chi connectivity index (χ1n) is 7.26. The number of hydrogen-bond donors (Lipinski definition) is 2. The highest BCUT2D eigenvalue weighted by atomic mass is 32.2. The van der Waals surface area contributed by atoms with Gasteiger partial charge in [-0.2, -0.15) is 0 Å². The van der Waals surface area contributed by atoms with Gasteiger partial charge in [0.25, 0.3) is 11.6 Å². The van der Waals surface area contributed by atoms with Crippen molar-refractivity contribution >= 4 is 40.3 Å². The molecule has 2 N–H and O–H groups in total. The van der Waals surface area contributed by atoms with E-state index in [2.05, 4.69) is 10.3 Å². The van der Waals surface area contributed by atoms with Crippen molar-refractivity contribution in [2.45, 2.75) is 6.92 Å². The van der Waals surface area contributed by atoms with Gasteiger partial charge >= 0.3 is 0 Å². The molecule has 8 heteroatoms. The van der Waals surface area contributed by atoms with Gasteiger partial charge in [0.05, 0.1) is 9.83 Å². The topological polar surface area (TPSA) is 105 Å². The van der Waals surface area contributed by atoms with Crippen molar-refractivity contribution in [2.24, 2.45) is 4.99 Å². The maximum Gasteiger partial charge on any atom is 0.269 e. The second-order valence-corrected chi connectivity index (χ2v) is 6.30. The van der Waals surface area contributed by atoms with Crippen LogP contribution in [0.3, 0.4) is 0 Å². The van der Waals surface area contributed by atoms with E-state index in [0.29, 0.717) is 21.3 Å². The number of aromatic hydroxyl groups is 1. The van der Waals surface area contributed by atoms with Gasteiger partial charge in [-0.05, 0) is 54.1 Å². The van der Waals surface area contributed by atoms with E-state index < -0.39 is 4.92 Å². The predicted octanol–water partition coefficient (Wildman–Crippen LogP) is 3.50. The molecule has 0 spiro atoms. The maximum absolute atomic E-state index is 12.1. The van der Waals surface area contributed by atoms with Gasteiger partial charge in [-0.25, -0.2) is 4.99 Å². The number of amidine groups is 1. The van der Waals surface area contributed by atoms with Crippen LogP contribution >= 0.6 is 11.8 Å². The molecule has 3 rings (SSSR count). The molecule has 0 radical (unpaired) electrons. The molecule has 1 amide bonds. The lowest BCUT2D eigenvalue weighted by Crippen LogP contribution is -2.19. The maximum atomic E-state index is 12.1. The van der Waals surface area contributed by atoms with Crippen molar-refractivity contribution in [3.8, 4) is 5.75 Å². The fourth-order valence-electron chi connectivity index (χ4n) is 2.21. The third-order valence-corrected chi connectivity index (χ3v) is 4.39. The van der Waals surface area contributed by atoms with Gasteiger partial charge in [0, 0.05) is 12.1 Å². The molecule has 1 saturated heterocycles. The van der Waals surface area contributed by atoms with Gasteiger partial charge in [-0.15, -0.1) is 0 Å². The number of nitro benzene ring substituents is 1. The first-order chi connectivity index (χ1) is 11.9. The minimum atomic E-state index is -0.479. The highest BCUT2D eigenvalue weighted by molar-refractivity contribution is 8.18. The zero-order chi connectivity index (χ0) is 18.0. The standard InChI is InChI=1S/C17H13N3O4S/c1-10-3-2-4-13(21)15(10)18-17-19-16(22)14(25-17)9-11-5-7-12(8-6-11)20(23)24/h2-9,21H,1H3,(H,18,19,22)/b14-9-. The Labute approximate surface area is 147 Å². The second-order valence-electron chi connectivity index (χ2n) is 5.27. The summed E-state index contributed by atoms with van der Waals surface area (Å²) in [7, 11) is 0. The van der Waals surface area contributed by atoms with Crippen molar-refractivity contribution in [2.75, 3.05) is 0 Å². The number of carbonyl (C=O) groups excluding carboxylic acids is 1. The molecule has 0 atom stereocenters. The number of aryl methyl sites for hydroxylation is 1. The molecule has 25 heavy (non-hydrogen) atoms. The number of non-ortho nitro benzene ring substituents is 1. The van der Waals surface area contributed by atoms with Crippen LogP contribution in [0.1, 0.15) is 11.1 Å². The van der Waals surface area contributed by atoms with Crippen molar-refractivity contribution in [1.82, 2.24) is 5.32 Å². The van der Waals surface area contributed by atoms with Crippen molar-refractivity contribution in [3.05, 3.63) is 68.6 Å². The van der Waals surface area contributed by atoms with Crippen molar-refractivity contribution < 1.29 is 14.8 Å². The number of rotatable bonds is 3. The van der Waals surface area contributed by atoms with Gasteiger partial charge in [0.15, 0.2) is 5.17 Å². The van der Waals surface area contributed by atoms with Crippen LogP contribution in [0.15, 0.2) is 52.4 Å². The molecule has 0 aromatic heterocycles. The number of carbonyl (C=O) groups is 1. The summed E-state index contributed by atoms with van der Waals surface area (Å²) in [6, 6.07) is 11.0. The number of aliphatic imine (C=N–C) groups is 1. The number of phenolic OH excluding ortho intramolecular Hbond substituents is 1. The number of nitrogens with one attached hydrogen (secondary N) is 1. The SMILES string of the molecule is Cc1cccc(O)c1N=C1NC(=O)/C(=C/c2ccc([N+](=O)[O-])cc2)S1. The molecule has 1 aliphatic rings. The Bertz CT molecular complexity index is 900. The van der Waals surface area contributed by atoms with Crippen LogP contribution in [0.2, 0.25) is 0 Å². The van der Waals surface area contributed by atoms with Crippen LogP contribution in [-0.4, -0.2) is 21.1 Å². The van der Waals surface area contributed by atoms with E-state index in [1.807, 2.05) is 13.0 Å². The number of nitrogens with zero attached hydrogens (tertiary/aromatic N) is 2. The zero-order valence-corrected chi connectivity index (χ0v) is 13.9. The molecule has 1 fully saturated rings. The number of benzene rings is 2. The summed E-state index contributed by atoms with van der Waals surface area (Å²) in [6.07, 6.45) is 1.63. The van der Waals surface area contributed by atoms with Crippen LogP contribution in [0.5, 0.6) is 5.75 Å². The van der Waals surface area contributed by atoms with Gasteiger partial charge in [0.2, 0.25) is 0 Å². The Hall–Kier alpha value is -3.13. The Morgan fingerprint density at radius 3 is 2.60 bits per heavy atom. The summed E-state index contributed by atoms with van der Waals surface area (Å²) in [4.78, 5) is 27.0. The van der Waals surface area contributed by atoms with Crippen LogP contribution in [0, 0.1) is 17.0 Å². The molecule has 1 aliphatic heterocycles. The Morgan fingerprint density at radius 2 is 1.96 bits per heavy atom. The van der Waals surface area contributed by atoms with E-state index in [9.17, 15) is 20.0 Å². The van der Waals surface area contributed by atoms with Crippen LogP contribution in [0.25, 0.3) is 6.08 Å². The molecule has 7 nitrogen and oxygen atoms in total. The van der Waals surface area contributed by atoms with Crippen LogP contribution in [-0.2, 0) is 4.79 Å². The number of amides is 1. The second kappa shape index (κ2) is 6.78. The molecule has 2 aromatic rings. The number of nitro groups is 1. The monoisotopic (exact) mass is 355 g/mol. The summed E-state index contributed by atoms with van der Waals surface area (Å²) in [5.41, 5.74) is 1.85. The first kappa shape index (κ1) is 16.7. The van der Waals surface area contributed by atoms with E-state index in [0.717, 1.165) is 17.3 Å². The summed E-state index contributed by atoms with van der Waals surface area (Å²) in [5.74, 6) is -0.273. The molecular weight excluding hydrogens is 342 g/mol. The minimum Gasteiger partial charge on any atom is -0.506 e. The van der Waals surface area contributed by atoms with Crippen molar-refractivity contribution in [1.29, 1.82) is 0 Å². The molecule has 0 bridgehead atoms. The lowest BCUT2D eigenvalue weighted by Gasteiger charge is -2.03. The predicted molar refractivity (Wildman–Crippen MR) is 96.7 cm³/mol. The van der Waals surface area contributed by atoms with Gasteiger partial charge in [-0.3, -0.25) is 14.9 Å². The lowest BCUT2D eigenvalue weighted by molar-refractivity contribution is -0.384. The molecule has 0 aliphatic carbocycles. The quantitative estimate of drug-likeness (QED) is 0.498. The Kier molecular flexibility index (Phi) is 4.53. The summed E-state index contributed by atoms with van der Waals surface area (Å²) in [5, 5.41) is 23.6. The molecule has 0 unspecified atom stereocenters. The number of hydrogen-bond acceptors (Lipinski definition) is 6. The van der Waals surface area contributed by atoms with Crippen LogP contribution < -0.4 is 5.32 Å². The zero-order valence-electron chi connectivity index (χ0n) is 13.1. The van der Waals surface area contributed by atoms with E-state index in [4.69, 9.17) is 0 Å². The minimum absolute atomic E-state index is 0.0112. The van der Waals surface area contributed by atoms with Crippen molar-refractivity contribution in [3.63, 3.8) is 0 Å². The third kappa shape index (κ3) is 3.69. The molecule has 126 valence electrons. The van der Waals surface area contributed by atoms with Gasteiger partial charge in [0.1, 0.15) is 11.4 Å². The van der Waals surface area contributed by atoms with E-state index in [1.54, 1.807) is 24.3 Å². The lowest BCUT2D eigenvalue weighted by atomic mass is 10.2. The van der Waals surface area contributed by atoms with Gasteiger partial charge in [-0.1, -0.05) is 12.1 Å². The third-order valence-electron chi connectivity index (χ3n) is 3.48. The average molecular weight is 355 g/mol. The Balaban J connectivity index is 1.85. The summed E-state index contributed by atoms with van der Waals surface area (Å²) < 4.78 is 0. The molecule has 2 aromatic carbocycles. The highest BCUT2D eigenvalue weighted by Gasteiger charge is 2.24.